The zero-order chi connectivity index (χ0) is 18.3. The Hall–Kier alpha value is -2.43. The van der Waals surface area contributed by atoms with E-state index in [1.807, 2.05) is 35.9 Å². The van der Waals surface area contributed by atoms with Crippen molar-refractivity contribution in [2.75, 3.05) is 0 Å². The van der Waals surface area contributed by atoms with Crippen molar-refractivity contribution in [2.24, 2.45) is 0 Å². The molecule has 0 amide bonds. The first kappa shape index (κ1) is 17.0. The fraction of sp³-hybridized carbons (Fsp3) is 0.100. The average Bonchev–Trinajstić information content (AvgIpc) is 2.97. The molecule has 0 aliphatic rings. The van der Waals surface area contributed by atoms with E-state index in [1.165, 1.54) is 6.07 Å². The van der Waals surface area contributed by atoms with Gasteiger partial charge in [-0.3, -0.25) is 4.98 Å². The molecule has 0 aliphatic carbocycles. The minimum Gasteiger partial charge on any atom is -0.326 e. The summed E-state index contributed by atoms with van der Waals surface area (Å²) in [6.45, 7) is 2.57. The zero-order valence-electron chi connectivity index (χ0n) is 13.9. The molecule has 26 heavy (non-hydrogen) atoms. The van der Waals surface area contributed by atoms with Gasteiger partial charge in [0, 0.05) is 23.3 Å². The number of pyridine rings is 2. The summed E-state index contributed by atoms with van der Waals surface area (Å²) in [5.74, 6) is -0.451. The summed E-state index contributed by atoms with van der Waals surface area (Å²) in [5.41, 5.74) is 4.37. The van der Waals surface area contributed by atoms with Crippen molar-refractivity contribution in [3.05, 3.63) is 82.1 Å². The molecule has 4 aromatic rings. The molecule has 4 rings (SSSR count). The van der Waals surface area contributed by atoms with Crippen LogP contribution < -0.4 is 0 Å². The first-order chi connectivity index (χ1) is 12.5. The van der Waals surface area contributed by atoms with Crippen LogP contribution in [-0.2, 0) is 6.54 Å². The standard InChI is InChI=1S/C20H14Cl2FN3/c1-12-3-2-8-24-18(12)11-26-10-15(13-4-6-16(21)17(23)9-13)14-5-7-19(22)25-20(14)26/h2-10H,11H2,1H3. The third kappa shape index (κ3) is 3.06. The number of hydrogen-bond acceptors (Lipinski definition) is 2. The molecule has 0 spiro atoms. The van der Waals surface area contributed by atoms with Crippen molar-refractivity contribution < 1.29 is 4.39 Å². The van der Waals surface area contributed by atoms with E-state index in [-0.39, 0.29) is 5.02 Å². The number of aryl methyl sites for hydroxylation is 1. The summed E-state index contributed by atoms with van der Waals surface area (Å²) in [6.07, 6.45) is 3.72. The minimum atomic E-state index is -0.451. The van der Waals surface area contributed by atoms with Crippen LogP contribution in [0.3, 0.4) is 0 Å². The van der Waals surface area contributed by atoms with E-state index in [9.17, 15) is 4.39 Å². The lowest BCUT2D eigenvalue weighted by Gasteiger charge is -2.06. The quantitative estimate of drug-likeness (QED) is 0.411. The van der Waals surface area contributed by atoms with E-state index in [2.05, 4.69) is 9.97 Å². The van der Waals surface area contributed by atoms with Crippen LogP contribution in [0.5, 0.6) is 0 Å². The summed E-state index contributed by atoms with van der Waals surface area (Å²) in [6, 6.07) is 12.3. The van der Waals surface area contributed by atoms with Gasteiger partial charge in [0.05, 0.1) is 17.3 Å². The van der Waals surface area contributed by atoms with E-state index in [4.69, 9.17) is 23.2 Å². The second-order valence-corrected chi connectivity index (χ2v) is 6.87. The number of benzene rings is 1. The Balaban J connectivity index is 1.89. The van der Waals surface area contributed by atoms with Crippen LogP contribution in [0.15, 0.2) is 54.9 Å². The van der Waals surface area contributed by atoms with Crippen LogP contribution in [-0.4, -0.2) is 14.5 Å². The van der Waals surface area contributed by atoms with Gasteiger partial charge in [-0.15, -0.1) is 0 Å². The predicted octanol–water partition coefficient (Wildman–Crippen LogP) is 5.90. The van der Waals surface area contributed by atoms with E-state index in [0.717, 1.165) is 33.4 Å². The molecule has 0 bridgehead atoms. The number of rotatable bonds is 3. The van der Waals surface area contributed by atoms with Crippen LogP contribution >= 0.6 is 23.2 Å². The molecule has 3 nitrogen and oxygen atoms in total. The van der Waals surface area contributed by atoms with Gasteiger partial charge >= 0.3 is 0 Å². The van der Waals surface area contributed by atoms with E-state index < -0.39 is 5.82 Å². The lowest BCUT2D eigenvalue weighted by Crippen LogP contribution is -2.03. The highest BCUT2D eigenvalue weighted by Gasteiger charge is 2.14. The van der Waals surface area contributed by atoms with E-state index in [1.54, 1.807) is 24.4 Å². The van der Waals surface area contributed by atoms with Crippen LogP contribution in [0.2, 0.25) is 10.2 Å². The lowest BCUT2D eigenvalue weighted by atomic mass is 10.1. The highest BCUT2D eigenvalue weighted by Crippen LogP contribution is 2.32. The zero-order valence-corrected chi connectivity index (χ0v) is 15.4. The Kier molecular flexibility index (Phi) is 4.39. The van der Waals surface area contributed by atoms with Crippen molar-refractivity contribution in [3.63, 3.8) is 0 Å². The Labute approximate surface area is 160 Å². The molecular weight excluding hydrogens is 372 g/mol. The van der Waals surface area contributed by atoms with Crippen molar-refractivity contribution >= 4 is 34.2 Å². The summed E-state index contributed by atoms with van der Waals surface area (Å²) in [4.78, 5) is 8.92. The molecule has 0 N–H and O–H groups in total. The third-order valence-electron chi connectivity index (χ3n) is 4.36. The molecule has 6 heteroatoms. The third-order valence-corrected chi connectivity index (χ3v) is 4.87. The second kappa shape index (κ2) is 6.71. The molecule has 0 fully saturated rings. The van der Waals surface area contributed by atoms with Gasteiger partial charge in [-0.2, -0.15) is 0 Å². The molecule has 1 aromatic carbocycles. The largest absolute Gasteiger partial charge is 0.326 e. The highest BCUT2D eigenvalue weighted by atomic mass is 35.5. The molecule has 0 saturated carbocycles. The average molecular weight is 386 g/mol. The smallest absolute Gasteiger partial charge is 0.142 e. The molecule has 0 aliphatic heterocycles. The van der Waals surface area contributed by atoms with Gasteiger partial charge in [0.15, 0.2) is 0 Å². The topological polar surface area (TPSA) is 30.7 Å². The van der Waals surface area contributed by atoms with Crippen LogP contribution in [0.1, 0.15) is 11.3 Å². The first-order valence-corrected chi connectivity index (χ1v) is 8.80. The molecule has 0 unspecified atom stereocenters. The second-order valence-electron chi connectivity index (χ2n) is 6.07. The fourth-order valence-electron chi connectivity index (χ4n) is 3.00. The van der Waals surface area contributed by atoms with Crippen molar-refractivity contribution in [2.45, 2.75) is 13.5 Å². The summed E-state index contributed by atoms with van der Waals surface area (Å²) >= 11 is 11.9. The maximum Gasteiger partial charge on any atom is 0.142 e. The molecule has 0 radical (unpaired) electrons. The normalized spacial score (nSPS) is 11.2. The minimum absolute atomic E-state index is 0.0998. The SMILES string of the molecule is Cc1cccnc1Cn1cc(-c2ccc(Cl)c(F)c2)c2ccc(Cl)nc21. The van der Waals surface area contributed by atoms with Gasteiger partial charge in [-0.05, 0) is 48.4 Å². The maximum atomic E-state index is 14.0. The number of hydrogen-bond donors (Lipinski definition) is 0. The Morgan fingerprint density at radius 2 is 1.96 bits per heavy atom. The predicted molar refractivity (Wildman–Crippen MR) is 103 cm³/mol. The summed E-state index contributed by atoms with van der Waals surface area (Å²) in [7, 11) is 0. The Morgan fingerprint density at radius 1 is 1.12 bits per heavy atom. The number of halogens is 3. The van der Waals surface area contributed by atoms with Crippen molar-refractivity contribution in [3.8, 4) is 11.1 Å². The van der Waals surface area contributed by atoms with Gasteiger partial charge in [-0.1, -0.05) is 35.3 Å². The molecule has 0 saturated heterocycles. The number of aromatic nitrogens is 3. The lowest BCUT2D eigenvalue weighted by molar-refractivity contribution is 0.629. The van der Waals surface area contributed by atoms with Gasteiger partial charge in [0.25, 0.3) is 0 Å². The van der Waals surface area contributed by atoms with Crippen LogP contribution in [0.4, 0.5) is 4.39 Å². The van der Waals surface area contributed by atoms with E-state index >= 15 is 0 Å². The van der Waals surface area contributed by atoms with Gasteiger partial charge in [0.1, 0.15) is 16.6 Å². The van der Waals surface area contributed by atoms with Gasteiger partial charge in [0.2, 0.25) is 0 Å². The first-order valence-electron chi connectivity index (χ1n) is 8.04. The number of nitrogens with zero attached hydrogens (tertiary/aromatic N) is 3. The summed E-state index contributed by atoms with van der Waals surface area (Å²) < 4.78 is 15.9. The Morgan fingerprint density at radius 3 is 2.73 bits per heavy atom. The fourth-order valence-corrected chi connectivity index (χ4v) is 3.26. The highest BCUT2D eigenvalue weighted by molar-refractivity contribution is 6.31. The molecule has 0 atom stereocenters. The van der Waals surface area contributed by atoms with Crippen LogP contribution in [0, 0.1) is 12.7 Å². The molecule has 3 aromatic heterocycles. The molecular formula is C20H14Cl2FN3. The molecule has 130 valence electrons. The Bertz CT molecular complexity index is 1120. The van der Waals surface area contributed by atoms with Crippen molar-refractivity contribution in [1.29, 1.82) is 0 Å². The monoisotopic (exact) mass is 385 g/mol. The number of fused-ring (bicyclic) bond motifs is 1. The van der Waals surface area contributed by atoms with Gasteiger partial charge in [-0.25, -0.2) is 9.37 Å². The summed E-state index contributed by atoms with van der Waals surface area (Å²) in [5, 5.41) is 1.40. The molecule has 3 heterocycles. The van der Waals surface area contributed by atoms with Gasteiger partial charge < -0.3 is 4.57 Å². The maximum absolute atomic E-state index is 14.0. The van der Waals surface area contributed by atoms with E-state index in [0.29, 0.717) is 11.7 Å². The van der Waals surface area contributed by atoms with Crippen molar-refractivity contribution in [1.82, 2.24) is 14.5 Å². The van der Waals surface area contributed by atoms with Crippen LogP contribution in [0.25, 0.3) is 22.2 Å².